The predicted molar refractivity (Wildman–Crippen MR) is 378 cm³/mol. The number of aromatic hydroxyl groups is 4. The normalized spacial score (nSPS) is 12.4. The fourth-order valence-corrected chi connectivity index (χ4v) is 8.96. The molecule has 6 rings (SSSR count). The average Bonchev–Trinajstić information content (AvgIpc) is 1.77. The summed E-state index contributed by atoms with van der Waals surface area (Å²) in [6.45, 7) is 55.6. The van der Waals surface area contributed by atoms with Crippen LogP contribution in [-0.2, 0) is 43.3 Å². The van der Waals surface area contributed by atoms with Gasteiger partial charge in [0.25, 0.3) is 0 Å². The van der Waals surface area contributed by atoms with Gasteiger partial charge in [-0.15, -0.1) is 0 Å². The Morgan fingerprint density at radius 2 is 0.427 bits per heavy atom. The maximum atomic E-state index is 11.2. The topological polar surface area (TPSA) is 202 Å². The van der Waals surface area contributed by atoms with E-state index in [9.17, 15) is 20.4 Å². The molecule has 0 aromatic heterocycles. The van der Waals surface area contributed by atoms with Crippen molar-refractivity contribution in [2.24, 2.45) is 20.0 Å². The van der Waals surface area contributed by atoms with Gasteiger partial charge in [0, 0.05) is 90.1 Å². The molecule has 6 aromatic carbocycles. The lowest BCUT2D eigenvalue weighted by Gasteiger charge is -2.27. The van der Waals surface area contributed by atoms with Gasteiger partial charge in [-0.25, -0.2) is 0 Å². The summed E-state index contributed by atoms with van der Waals surface area (Å²) >= 11 is 0. The van der Waals surface area contributed by atoms with Gasteiger partial charge in [-0.1, -0.05) is 215 Å². The molecule has 0 aliphatic carbocycles. The van der Waals surface area contributed by atoms with E-state index in [2.05, 4.69) is 190 Å². The molecule has 0 atom stereocenters. The third kappa shape index (κ3) is 22.6. The minimum atomic E-state index is -0.217. The molecule has 0 fully saturated rings. The Balaban J connectivity index is 0.000000535. The second-order valence-corrected chi connectivity index (χ2v) is 30.5. The van der Waals surface area contributed by atoms with Gasteiger partial charge in [-0.05, 0) is 114 Å². The number of para-hydroxylation sites is 4. The molecule has 0 spiro atoms. The van der Waals surface area contributed by atoms with Crippen LogP contribution >= 0.6 is 0 Å². The van der Waals surface area contributed by atoms with Gasteiger partial charge >= 0.3 is 0 Å². The third-order valence-electron chi connectivity index (χ3n) is 14.4. The first-order valence-corrected chi connectivity index (χ1v) is 30.4. The number of nitriles is 3. The molecule has 0 saturated heterocycles. The Bertz CT molecular complexity index is 3160. The number of hydrogen-bond acceptors (Lipinski definition) is 11. The van der Waals surface area contributed by atoms with Gasteiger partial charge in [0.15, 0.2) is 0 Å². The molecule has 476 valence electrons. The van der Waals surface area contributed by atoms with Gasteiger partial charge < -0.3 is 20.4 Å². The zero-order chi connectivity index (χ0) is 68.6. The summed E-state index contributed by atoms with van der Waals surface area (Å²) in [6.07, 6.45) is 6.90. The van der Waals surface area contributed by atoms with Crippen molar-refractivity contribution in [1.82, 2.24) is 0 Å². The Morgan fingerprint density at radius 3 is 0.551 bits per heavy atom. The summed E-state index contributed by atoms with van der Waals surface area (Å²) in [7, 11) is 0. The predicted octanol–water partition coefficient (Wildman–Crippen LogP) is 21.2. The summed E-state index contributed by atoms with van der Waals surface area (Å²) in [4.78, 5) is 19.1. The first-order valence-electron chi connectivity index (χ1n) is 30.4. The number of rotatable bonds is 8. The molecule has 6 aromatic rings. The maximum Gasteiger partial charge on any atom is 0.128 e. The van der Waals surface area contributed by atoms with Crippen LogP contribution in [0.2, 0.25) is 0 Å². The Morgan fingerprint density at radius 1 is 0.281 bits per heavy atom. The van der Waals surface area contributed by atoms with Crippen LogP contribution in [0.5, 0.6) is 23.0 Å². The van der Waals surface area contributed by atoms with Crippen LogP contribution in [0.15, 0.2) is 117 Å². The van der Waals surface area contributed by atoms with Crippen molar-refractivity contribution < 1.29 is 20.4 Å². The summed E-state index contributed by atoms with van der Waals surface area (Å²) in [5, 5.41) is 66.7. The number of phenols is 4. The second kappa shape index (κ2) is 30.7. The van der Waals surface area contributed by atoms with Crippen molar-refractivity contribution in [2.75, 3.05) is 0 Å². The molecule has 0 heterocycles. The summed E-state index contributed by atoms with van der Waals surface area (Å²) < 4.78 is 0. The van der Waals surface area contributed by atoms with E-state index < -0.39 is 0 Å². The summed E-state index contributed by atoms with van der Waals surface area (Å²) in [5.41, 5.74) is 12.5. The number of nitrogens with zero attached hydrogens (tertiary/aromatic N) is 7. The van der Waals surface area contributed by atoms with E-state index in [0.717, 1.165) is 44.5 Å². The molecule has 11 heteroatoms. The van der Waals surface area contributed by atoms with Crippen LogP contribution in [0.4, 0.5) is 22.7 Å². The van der Waals surface area contributed by atoms with E-state index in [1.54, 1.807) is 43.1 Å². The maximum absolute atomic E-state index is 11.2. The van der Waals surface area contributed by atoms with Crippen LogP contribution in [0.25, 0.3) is 0 Å². The molecule has 89 heavy (non-hydrogen) atoms. The van der Waals surface area contributed by atoms with Gasteiger partial charge in [0.2, 0.25) is 0 Å². The Kier molecular flexibility index (Phi) is 26.5. The first kappa shape index (κ1) is 76.8. The number of phenolic OH excluding ortho intramolecular Hbond substituents is 4. The molecule has 0 aliphatic heterocycles. The average molecular weight is 1200 g/mol. The molecule has 11 nitrogen and oxygen atoms in total. The number of benzene rings is 6. The zero-order valence-electron chi connectivity index (χ0n) is 59.0. The Labute approximate surface area is 536 Å². The molecular weight excluding hydrogens is 1100 g/mol. The molecule has 4 N–H and O–H groups in total. The molecule has 0 unspecified atom stereocenters. The molecule has 0 bridgehead atoms. The van der Waals surface area contributed by atoms with Crippen molar-refractivity contribution in [1.29, 1.82) is 15.8 Å². The van der Waals surface area contributed by atoms with E-state index in [0.29, 0.717) is 45.0 Å². The van der Waals surface area contributed by atoms with E-state index >= 15 is 0 Å². The molecule has 0 amide bonds. The monoisotopic (exact) mass is 1200 g/mol. The van der Waals surface area contributed by atoms with Gasteiger partial charge in [-0.2, -0.15) is 15.8 Å². The van der Waals surface area contributed by atoms with E-state index in [-0.39, 0.29) is 66.3 Å². The van der Waals surface area contributed by atoms with Crippen LogP contribution in [0, 0.1) is 34.0 Å². The van der Waals surface area contributed by atoms with Gasteiger partial charge in [0.05, 0.1) is 41.0 Å². The van der Waals surface area contributed by atoms with Crippen molar-refractivity contribution in [2.45, 2.75) is 230 Å². The van der Waals surface area contributed by atoms with Gasteiger partial charge in [-0.3, -0.25) is 20.0 Å². The van der Waals surface area contributed by atoms with Crippen LogP contribution < -0.4 is 0 Å². The number of hydrogen-bond donors (Lipinski definition) is 4. The largest absolute Gasteiger partial charge is 0.507 e. The first-order chi connectivity index (χ1) is 40.6. The van der Waals surface area contributed by atoms with E-state index in [4.69, 9.17) is 35.8 Å². The van der Waals surface area contributed by atoms with E-state index in [1.807, 2.05) is 72.8 Å². The van der Waals surface area contributed by atoms with Crippen molar-refractivity contribution in [3.8, 4) is 41.2 Å². The van der Waals surface area contributed by atoms with Crippen molar-refractivity contribution in [3.63, 3.8) is 0 Å². The number of aliphatic imine (C=N–C) groups is 4. The zero-order valence-corrected chi connectivity index (χ0v) is 59.0. The third-order valence-corrected chi connectivity index (χ3v) is 14.4. The van der Waals surface area contributed by atoms with Gasteiger partial charge in [0.1, 0.15) is 23.0 Å². The second-order valence-electron chi connectivity index (χ2n) is 30.5. The van der Waals surface area contributed by atoms with Crippen LogP contribution in [-0.4, -0.2) is 45.3 Å². The highest BCUT2D eigenvalue weighted by Gasteiger charge is 2.29. The van der Waals surface area contributed by atoms with Crippen LogP contribution in [0.1, 0.15) is 254 Å². The van der Waals surface area contributed by atoms with E-state index in [1.165, 1.54) is 20.8 Å². The smallest absolute Gasteiger partial charge is 0.128 e. The Hall–Kier alpha value is -8.33. The quantitative estimate of drug-likeness (QED) is 0.109. The highest BCUT2D eigenvalue weighted by atomic mass is 16.3. The molecule has 0 saturated carbocycles. The minimum absolute atomic E-state index is 0.0754. The highest BCUT2D eigenvalue weighted by molar-refractivity contribution is 5.92. The lowest BCUT2D eigenvalue weighted by Crippen LogP contribution is -2.17. The lowest BCUT2D eigenvalue weighted by atomic mass is 9.79. The summed E-state index contributed by atoms with van der Waals surface area (Å²) in [5.74, 6) is 1.01. The molecule has 0 radical (unpaired) electrons. The van der Waals surface area contributed by atoms with Crippen LogP contribution in [0.3, 0.4) is 0 Å². The van der Waals surface area contributed by atoms with Crippen molar-refractivity contribution >= 4 is 47.6 Å². The summed E-state index contributed by atoms with van der Waals surface area (Å²) in [6, 6.07) is 37.1. The van der Waals surface area contributed by atoms with Crippen molar-refractivity contribution in [3.05, 3.63) is 164 Å². The standard InChI is InChI=1S/2C36H48N2O2.3C2H3N/c2*1-33(2,3)25-17-23(31(39)27(19-25)35(7,8)9)21-37-29-15-13-14-16-30(29)38-22-24-18-26(34(4,5)6)20-28(32(24)40)36(10,11)12;3*1-2-3/h2*13-22,39-40H,1-12H3;3*1H3. The SMILES string of the molecule is CC#N.CC#N.CC#N.CC(C)(C)c1cc(C=Nc2ccccc2N=Cc2cc(C(C)(C)C)cc(C(C)(C)C)c2O)c(O)c(C(C)(C)C)c1.CC(C)(C)c1cc(C=Nc2ccccc2N=Cc2cc(C(C)(C)C)cc(C(C)(C)C)c2O)c(O)c(C(C)(C)C)c1. The fraction of sp³-hybridized carbons (Fsp3) is 0.449. The lowest BCUT2D eigenvalue weighted by molar-refractivity contribution is 0.443. The highest BCUT2D eigenvalue weighted by Crippen LogP contribution is 2.42. The minimum Gasteiger partial charge on any atom is -0.507 e. The fourth-order valence-electron chi connectivity index (χ4n) is 8.96. The molecular formula is C78H105N7O4. The molecule has 0 aliphatic rings.